The summed E-state index contributed by atoms with van der Waals surface area (Å²) in [5, 5.41) is 3.54. The molecule has 1 heterocycles. The normalized spacial score (nSPS) is 12.6. The number of rotatable bonds is 0. The Kier molecular flexibility index (Phi) is 2.44. The third kappa shape index (κ3) is 1.85. The van der Waals surface area contributed by atoms with Crippen molar-refractivity contribution in [3.63, 3.8) is 0 Å². The van der Waals surface area contributed by atoms with Crippen molar-refractivity contribution in [2.24, 2.45) is 0 Å². The van der Waals surface area contributed by atoms with E-state index in [1.54, 1.807) is 0 Å². The SMILES string of the molecule is Bc1cc(C)cc2c1Nc1ccc(C)cc1S2. The van der Waals surface area contributed by atoms with Gasteiger partial charge in [0.15, 0.2) is 0 Å². The Morgan fingerprint density at radius 2 is 1.76 bits per heavy atom. The minimum absolute atomic E-state index is 1.22. The summed E-state index contributed by atoms with van der Waals surface area (Å²) in [6.07, 6.45) is 0. The molecule has 1 nitrogen and oxygen atoms in total. The number of hydrogen-bond donors (Lipinski definition) is 1. The second-order valence-electron chi connectivity index (χ2n) is 4.68. The molecule has 84 valence electrons. The third-order valence-corrected chi connectivity index (χ3v) is 4.16. The Balaban J connectivity index is 2.14. The second kappa shape index (κ2) is 3.85. The van der Waals surface area contributed by atoms with Crippen LogP contribution < -0.4 is 10.8 Å². The highest BCUT2D eigenvalue weighted by Gasteiger charge is 2.17. The molecule has 1 N–H and O–H groups in total. The summed E-state index contributed by atoms with van der Waals surface area (Å²) in [5.41, 5.74) is 6.44. The number of hydrogen-bond acceptors (Lipinski definition) is 2. The van der Waals surface area contributed by atoms with E-state index in [9.17, 15) is 0 Å². The van der Waals surface area contributed by atoms with E-state index in [0.29, 0.717) is 0 Å². The lowest BCUT2D eigenvalue weighted by molar-refractivity contribution is 1.28. The molecule has 0 unspecified atom stereocenters. The van der Waals surface area contributed by atoms with E-state index in [0.717, 1.165) is 0 Å². The van der Waals surface area contributed by atoms with E-state index in [1.165, 1.54) is 37.8 Å². The molecule has 0 amide bonds. The zero-order valence-corrected chi connectivity index (χ0v) is 11.1. The highest BCUT2D eigenvalue weighted by Crippen LogP contribution is 2.43. The van der Waals surface area contributed by atoms with Gasteiger partial charge in [-0.1, -0.05) is 34.9 Å². The largest absolute Gasteiger partial charge is 0.354 e. The van der Waals surface area contributed by atoms with Crippen LogP contribution in [0.2, 0.25) is 0 Å². The molecule has 0 fully saturated rings. The van der Waals surface area contributed by atoms with Crippen LogP contribution in [0.3, 0.4) is 0 Å². The first-order valence-corrected chi connectivity index (χ1v) is 6.62. The van der Waals surface area contributed by atoms with Crippen molar-refractivity contribution in [3.8, 4) is 0 Å². The van der Waals surface area contributed by atoms with Gasteiger partial charge in [-0.05, 0) is 37.6 Å². The fraction of sp³-hybridized carbons (Fsp3) is 0.143. The minimum atomic E-state index is 1.22. The minimum Gasteiger partial charge on any atom is -0.354 e. The molecule has 0 atom stereocenters. The Labute approximate surface area is 107 Å². The van der Waals surface area contributed by atoms with Gasteiger partial charge in [0.1, 0.15) is 7.85 Å². The molecular weight excluding hydrogens is 225 g/mol. The van der Waals surface area contributed by atoms with Crippen LogP contribution in [0.25, 0.3) is 0 Å². The molecule has 0 spiro atoms. The summed E-state index contributed by atoms with van der Waals surface area (Å²) in [7, 11) is 2.17. The van der Waals surface area contributed by atoms with E-state index >= 15 is 0 Å². The highest BCUT2D eigenvalue weighted by molar-refractivity contribution is 7.99. The van der Waals surface area contributed by atoms with Crippen LogP contribution in [-0.4, -0.2) is 7.85 Å². The molecule has 0 saturated carbocycles. The van der Waals surface area contributed by atoms with E-state index in [2.05, 4.69) is 57.3 Å². The van der Waals surface area contributed by atoms with Gasteiger partial charge in [0.2, 0.25) is 0 Å². The number of anilines is 2. The number of fused-ring (bicyclic) bond motifs is 2. The maximum Gasteiger partial charge on any atom is 0.142 e. The van der Waals surface area contributed by atoms with Gasteiger partial charge in [0, 0.05) is 15.5 Å². The maximum absolute atomic E-state index is 3.54. The summed E-state index contributed by atoms with van der Waals surface area (Å²) in [5.74, 6) is 0. The lowest BCUT2D eigenvalue weighted by Gasteiger charge is -2.23. The predicted molar refractivity (Wildman–Crippen MR) is 77.9 cm³/mol. The van der Waals surface area contributed by atoms with E-state index in [1.807, 2.05) is 11.8 Å². The van der Waals surface area contributed by atoms with Crippen molar-refractivity contribution in [1.29, 1.82) is 0 Å². The van der Waals surface area contributed by atoms with Crippen LogP contribution in [-0.2, 0) is 0 Å². The fourth-order valence-electron chi connectivity index (χ4n) is 2.24. The Morgan fingerprint density at radius 3 is 2.59 bits per heavy atom. The number of benzene rings is 2. The summed E-state index contributed by atoms with van der Waals surface area (Å²) in [6, 6.07) is 11.0. The van der Waals surface area contributed by atoms with Crippen molar-refractivity contribution in [2.75, 3.05) is 5.32 Å². The Morgan fingerprint density at radius 1 is 1.00 bits per heavy atom. The van der Waals surface area contributed by atoms with E-state index < -0.39 is 0 Å². The third-order valence-electron chi connectivity index (χ3n) is 3.06. The van der Waals surface area contributed by atoms with Gasteiger partial charge in [-0.25, -0.2) is 0 Å². The lowest BCUT2D eigenvalue weighted by atomic mass is 9.92. The molecule has 0 aliphatic carbocycles. The van der Waals surface area contributed by atoms with Crippen LogP contribution in [0, 0.1) is 13.8 Å². The van der Waals surface area contributed by atoms with Crippen molar-refractivity contribution < 1.29 is 0 Å². The number of nitrogens with one attached hydrogen (secondary N) is 1. The quantitative estimate of drug-likeness (QED) is 0.605. The fourth-order valence-corrected chi connectivity index (χ4v) is 3.51. The second-order valence-corrected chi connectivity index (χ2v) is 5.77. The summed E-state index contributed by atoms with van der Waals surface area (Å²) in [4.78, 5) is 2.66. The zero-order chi connectivity index (χ0) is 12.0. The van der Waals surface area contributed by atoms with Gasteiger partial charge in [0.05, 0.1) is 5.69 Å². The van der Waals surface area contributed by atoms with Gasteiger partial charge >= 0.3 is 0 Å². The molecule has 0 saturated heterocycles. The molecule has 2 aromatic carbocycles. The highest BCUT2D eigenvalue weighted by atomic mass is 32.2. The monoisotopic (exact) mass is 239 g/mol. The van der Waals surface area contributed by atoms with Crippen LogP contribution in [0.4, 0.5) is 11.4 Å². The molecule has 3 heteroatoms. The topological polar surface area (TPSA) is 12.0 Å². The van der Waals surface area contributed by atoms with Crippen molar-refractivity contribution in [3.05, 3.63) is 41.5 Å². The van der Waals surface area contributed by atoms with Gasteiger partial charge in [-0.15, -0.1) is 0 Å². The van der Waals surface area contributed by atoms with Gasteiger partial charge < -0.3 is 5.32 Å². The summed E-state index contributed by atoms with van der Waals surface area (Å²) < 4.78 is 0. The van der Waals surface area contributed by atoms with Crippen LogP contribution >= 0.6 is 11.8 Å². The average molecular weight is 239 g/mol. The Bertz CT molecular complexity index is 607. The van der Waals surface area contributed by atoms with Crippen molar-refractivity contribution in [2.45, 2.75) is 23.6 Å². The molecule has 1 aliphatic rings. The van der Waals surface area contributed by atoms with Crippen molar-refractivity contribution >= 4 is 36.4 Å². The summed E-state index contributed by atoms with van der Waals surface area (Å²) >= 11 is 1.86. The van der Waals surface area contributed by atoms with Gasteiger partial charge in [-0.3, -0.25) is 0 Å². The lowest BCUT2D eigenvalue weighted by Crippen LogP contribution is -2.14. The molecule has 0 radical (unpaired) electrons. The maximum atomic E-state index is 3.54. The molecule has 3 rings (SSSR count). The molecule has 1 aliphatic heterocycles. The van der Waals surface area contributed by atoms with Crippen LogP contribution in [0.15, 0.2) is 40.1 Å². The predicted octanol–water partition coefficient (Wildman–Crippen LogP) is 2.77. The van der Waals surface area contributed by atoms with Crippen molar-refractivity contribution in [1.82, 2.24) is 0 Å². The smallest absolute Gasteiger partial charge is 0.142 e. The van der Waals surface area contributed by atoms with E-state index in [4.69, 9.17) is 0 Å². The molecule has 0 aromatic heterocycles. The van der Waals surface area contributed by atoms with Crippen LogP contribution in [0.5, 0.6) is 0 Å². The zero-order valence-electron chi connectivity index (χ0n) is 10.3. The first kappa shape index (κ1) is 10.8. The van der Waals surface area contributed by atoms with Crippen LogP contribution in [0.1, 0.15) is 11.1 Å². The first-order valence-electron chi connectivity index (χ1n) is 5.80. The Hall–Kier alpha value is -1.35. The van der Waals surface area contributed by atoms with Gasteiger partial charge in [0.25, 0.3) is 0 Å². The standard InChI is InChI=1S/C14H14BNS/c1-8-3-4-11-12(6-8)17-13-7-9(2)5-10(15)14(13)16-11/h3-7,16H,15H2,1-2H3. The molecule has 2 aromatic rings. The first-order chi connectivity index (χ1) is 8.13. The number of aryl methyl sites for hydroxylation is 2. The molecular formula is C14H14BNS. The molecule has 17 heavy (non-hydrogen) atoms. The van der Waals surface area contributed by atoms with E-state index in [-0.39, 0.29) is 0 Å². The summed E-state index contributed by atoms with van der Waals surface area (Å²) in [6.45, 7) is 4.29. The average Bonchev–Trinajstić information content (AvgIpc) is 2.26. The van der Waals surface area contributed by atoms with Gasteiger partial charge in [-0.2, -0.15) is 0 Å². The molecule has 0 bridgehead atoms.